The van der Waals surface area contributed by atoms with E-state index in [2.05, 4.69) is 26.6 Å². The number of hydrogen-bond donors (Lipinski definition) is 1. The zero-order valence-corrected chi connectivity index (χ0v) is 12.2. The Balaban J connectivity index is 2.05. The summed E-state index contributed by atoms with van der Waals surface area (Å²) in [6.07, 6.45) is 5.38. The van der Waals surface area contributed by atoms with E-state index < -0.39 is 0 Å². The van der Waals surface area contributed by atoms with Crippen LogP contribution in [0.3, 0.4) is 0 Å². The quantitative estimate of drug-likeness (QED) is 0.799. The van der Waals surface area contributed by atoms with E-state index in [0.717, 1.165) is 28.3 Å². The van der Waals surface area contributed by atoms with Crippen LogP contribution in [0.25, 0.3) is 11.3 Å². The molecule has 0 saturated heterocycles. The fraction of sp³-hybridized carbons (Fsp3) is 0.267. The Morgan fingerprint density at radius 3 is 2.67 bits per heavy atom. The summed E-state index contributed by atoms with van der Waals surface area (Å²) in [5.41, 5.74) is 9.57. The molecule has 1 atom stereocenters. The number of nitrogen functional groups attached to an aromatic ring is 1. The third kappa shape index (κ3) is 2.29. The maximum Gasteiger partial charge on any atom is 0.139 e. The van der Waals surface area contributed by atoms with Gasteiger partial charge in [-0.15, -0.1) is 0 Å². The maximum absolute atomic E-state index is 5.64. The lowest BCUT2D eigenvalue weighted by molar-refractivity contribution is 0.391. The minimum atomic E-state index is 0.0753. The lowest BCUT2D eigenvalue weighted by Crippen LogP contribution is -2.09. The second-order valence-electron chi connectivity index (χ2n) is 5.07. The van der Waals surface area contributed by atoms with Crippen LogP contribution in [0.4, 0.5) is 5.82 Å². The van der Waals surface area contributed by atoms with E-state index in [-0.39, 0.29) is 6.04 Å². The smallest absolute Gasteiger partial charge is 0.139 e. The standard InChI is InChI=1S/C15H17N5O/c1-9-15(11(3)21-19-9)10(2)20-8-17-7-13(20)12-4-5-14(16)18-6-12/h4-8,10H,1-3H3,(H2,16,18). The molecule has 2 N–H and O–H groups in total. The van der Waals surface area contributed by atoms with Crippen molar-refractivity contribution in [1.29, 1.82) is 0 Å². The summed E-state index contributed by atoms with van der Waals surface area (Å²) in [4.78, 5) is 8.40. The van der Waals surface area contributed by atoms with E-state index in [1.165, 1.54) is 0 Å². The first-order chi connectivity index (χ1) is 10.1. The molecule has 21 heavy (non-hydrogen) atoms. The Morgan fingerprint density at radius 1 is 1.24 bits per heavy atom. The van der Waals surface area contributed by atoms with Crippen molar-refractivity contribution < 1.29 is 4.52 Å². The molecule has 0 amide bonds. The lowest BCUT2D eigenvalue weighted by atomic mass is 10.1. The second kappa shape index (κ2) is 5.05. The van der Waals surface area contributed by atoms with Crippen LogP contribution in [0, 0.1) is 13.8 Å². The van der Waals surface area contributed by atoms with Crippen molar-refractivity contribution in [2.24, 2.45) is 0 Å². The van der Waals surface area contributed by atoms with Gasteiger partial charge in [-0.3, -0.25) is 0 Å². The molecule has 0 fully saturated rings. The van der Waals surface area contributed by atoms with Gasteiger partial charge in [-0.1, -0.05) is 5.16 Å². The molecule has 108 valence electrons. The summed E-state index contributed by atoms with van der Waals surface area (Å²) in [6, 6.07) is 3.80. The fourth-order valence-corrected chi connectivity index (χ4v) is 2.62. The highest BCUT2D eigenvalue weighted by atomic mass is 16.5. The predicted octanol–water partition coefficient (Wildman–Crippen LogP) is 2.74. The van der Waals surface area contributed by atoms with Gasteiger partial charge >= 0.3 is 0 Å². The van der Waals surface area contributed by atoms with E-state index in [1.807, 2.05) is 32.4 Å². The maximum atomic E-state index is 5.64. The van der Waals surface area contributed by atoms with Gasteiger partial charge in [0.2, 0.25) is 0 Å². The summed E-state index contributed by atoms with van der Waals surface area (Å²) < 4.78 is 7.35. The number of hydrogen-bond acceptors (Lipinski definition) is 5. The number of aryl methyl sites for hydroxylation is 2. The third-order valence-electron chi connectivity index (χ3n) is 3.67. The average Bonchev–Trinajstić information content (AvgIpc) is 3.07. The number of nitrogens with two attached hydrogens (primary N) is 1. The molecule has 0 aliphatic carbocycles. The number of nitrogens with zero attached hydrogens (tertiary/aromatic N) is 4. The lowest BCUT2D eigenvalue weighted by Gasteiger charge is -2.16. The van der Waals surface area contributed by atoms with E-state index in [1.54, 1.807) is 12.3 Å². The monoisotopic (exact) mass is 283 g/mol. The topological polar surface area (TPSA) is 82.8 Å². The molecule has 6 nitrogen and oxygen atoms in total. The van der Waals surface area contributed by atoms with Crippen molar-refractivity contribution in [3.63, 3.8) is 0 Å². The number of imidazole rings is 1. The van der Waals surface area contributed by atoms with Crippen molar-refractivity contribution in [1.82, 2.24) is 19.7 Å². The van der Waals surface area contributed by atoms with Gasteiger partial charge in [-0.25, -0.2) is 9.97 Å². The molecule has 3 aromatic heterocycles. The molecular formula is C15H17N5O. The molecule has 1 unspecified atom stereocenters. The van der Waals surface area contributed by atoms with Gasteiger partial charge < -0.3 is 14.8 Å². The third-order valence-corrected chi connectivity index (χ3v) is 3.67. The van der Waals surface area contributed by atoms with E-state index in [4.69, 9.17) is 10.3 Å². The zero-order valence-electron chi connectivity index (χ0n) is 12.2. The Kier molecular flexibility index (Phi) is 3.21. The Labute approximate surface area is 122 Å². The van der Waals surface area contributed by atoms with Crippen LogP contribution in [-0.4, -0.2) is 19.7 Å². The minimum Gasteiger partial charge on any atom is -0.384 e. The van der Waals surface area contributed by atoms with Crippen LogP contribution >= 0.6 is 0 Å². The second-order valence-corrected chi connectivity index (χ2v) is 5.07. The van der Waals surface area contributed by atoms with Crippen LogP contribution < -0.4 is 5.73 Å². The van der Waals surface area contributed by atoms with Gasteiger partial charge in [0.25, 0.3) is 0 Å². The van der Waals surface area contributed by atoms with E-state index in [0.29, 0.717) is 5.82 Å². The Bertz CT molecular complexity index is 737. The van der Waals surface area contributed by atoms with Gasteiger partial charge in [0.15, 0.2) is 0 Å². The molecule has 0 aliphatic heterocycles. The van der Waals surface area contributed by atoms with Gasteiger partial charge in [0.05, 0.1) is 30.0 Å². The Hall–Kier alpha value is -2.63. The predicted molar refractivity (Wildman–Crippen MR) is 79.7 cm³/mol. The van der Waals surface area contributed by atoms with Crippen LogP contribution in [0.15, 0.2) is 35.4 Å². The van der Waals surface area contributed by atoms with Crippen LogP contribution in [-0.2, 0) is 0 Å². The van der Waals surface area contributed by atoms with Crippen LogP contribution in [0.2, 0.25) is 0 Å². The summed E-state index contributed by atoms with van der Waals surface area (Å²) in [6.45, 7) is 5.97. The SMILES string of the molecule is Cc1noc(C)c1C(C)n1cncc1-c1ccc(N)nc1. The normalized spacial score (nSPS) is 12.5. The number of pyridine rings is 1. The summed E-state index contributed by atoms with van der Waals surface area (Å²) in [7, 11) is 0. The first-order valence-corrected chi connectivity index (χ1v) is 6.74. The molecule has 0 spiro atoms. The van der Waals surface area contributed by atoms with Gasteiger partial charge in [-0.05, 0) is 32.9 Å². The largest absolute Gasteiger partial charge is 0.384 e. The van der Waals surface area contributed by atoms with E-state index in [9.17, 15) is 0 Å². The van der Waals surface area contributed by atoms with Crippen molar-refractivity contribution in [3.05, 3.63) is 47.9 Å². The molecule has 3 aromatic rings. The van der Waals surface area contributed by atoms with Crippen molar-refractivity contribution in [2.75, 3.05) is 5.73 Å². The van der Waals surface area contributed by atoms with Crippen molar-refractivity contribution in [2.45, 2.75) is 26.8 Å². The molecule has 0 aliphatic rings. The summed E-state index contributed by atoms with van der Waals surface area (Å²) in [5.74, 6) is 1.33. The highest BCUT2D eigenvalue weighted by molar-refractivity contribution is 5.59. The van der Waals surface area contributed by atoms with Crippen LogP contribution in [0.1, 0.15) is 30.0 Å². The molecule has 3 heterocycles. The molecule has 0 radical (unpaired) electrons. The van der Waals surface area contributed by atoms with Gasteiger partial charge in [0, 0.05) is 17.3 Å². The molecule has 0 aromatic carbocycles. The zero-order chi connectivity index (χ0) is 15.0. The van der Waals surface area contributed by atoms with Gasteiger partial charge in [0.1, 0.15) is 11.6 Å². The van der Waals surface area contributed by atoms with Gasteiger partial charge in [-0.2, -0.15) is 0 Å². The number of anilines is 1. The minimum absolute atomic E-state index is 0.0753. The van der Waals surface area contributed by atoms with E-state index >= 15 is 0 Å². The van der Waals surface area contributed by atoms with Crippen molar-refractivity contribution >= 4 is 5.82 Å². The first-order valence-electron chi connectivity index (χ1n) is 6.74. The highest BCUT2D eigenvalue weighted by Crippen LogP contribution is 2.29. The molecule has 3 rings (SSSR count). The molecular weight excluding hydrogens is 266 g/mol. The molecule has 0 saturated carbocycles. The molecule has 0 bridgehead atoms. The van der Waals surface area contributed by atoms with Crippen LogP contribution in [0.5, 0.6) is 0 Å². The van der Waals surface area contributed by atoms with Crippen molar-refractivity contribution in [3.8, 4) is 11.3 Å². The number of aromatic nitrogens is 4. The summed E-state index contributed by atoms with van der Waals surface area (Å²) >= 11 is 0. The highest BCUT2D eigenvalue weighted by Gasteiger charge is 2.20. The molecule has 6 heteroatoms. The number of rotatable bonds is 3. The first kappa shape index (κ1) is 13.4. The fourth-order valence-electron chi connectivity index (χ4n) is 2.62. The summed E-state index contributed by atoms with van der Waals surface area (Å²) in [5, 5.41) is 4.02. The average molecular weight is 283 g/mol. The Morgan fingerprint density at radius 2 is 2.05 bits per heavy atom.